The summed E-state index contributed by atoms with van der Waals surface area (Å²) in [5.74, 6) is 0.935. The predicted octanol–water partition coefficient (Wildman–Crippen LogP) is 3.84. The van der Waals surface area contributed by atoms with E-state index >= 15 is 0 Å². The number of carbonyl (C=O) groups is 1. The maximum Gasteiger partial charge on any atom is 0.308 e. The van der Waals surface area contributed by atoms with E-state index in [1.807, 2.05) is 41.8 Å². The van der Waals surface area contributed by atoms with Crippen molar-refractivity contribution in [3.05, 3.63) is 57.5 Å². The summed E-state index contributed by atoms with van der Waals surface area (Å²) in [6.07, 6.45) is 0. The summed E-state index contributed by atoms with van der Waals surface area (Å²) in [6.45, 7) is -0.0614. The van der Waals surface area contributed by atoms with Crippen molar-refractivity contribution in [2.24, 2.45) is 0 Å². The normalized spacial score (nSPS) is 10.8. The number of methoxy groups -OCH3 is 2. The summed E-state index contributed by atoms with van der Waals surface area (Å²) in [5.41, 5.74) is 2.31. The third-order valence-electron chi connectivity index (χ3n) is 4.31. The van der Waals surface area contributed by atoms with E-state index in [4.69, 9.17) is 9.47 Å². The first-order valence-corrected chi connectivity index (χ1v) is 10.3. The highest BCUT2D eigenvalue weighted by atomic mass is 32.1. The second-order valence-electron chi connectivity index (χ2n) is 6.08. The van der Waals surface area contributed by atoms with Crippen molar-refractivity contribution < 1.29 is 14.3 Å². The summed E-state index contributed by atoms with van der Waals surface area (Å²) in [6, 6.07) is 12.9. The number of nitrogens with one attached hydrogen (secondary N) is 1. The third kappa shape index (κ3) is 3.87. The lowest BCUT2D eigenvalue weighted by Gasteiger charge is -2.08. The number of rotatable bonds is 6. The van der Waals surface area contributed by atoms with Crippen LogP contribution in [0.3, 0.4) is 0 Å². The second kappa shape index (κ2) is 8.06. The fourth-order valence-corrected chi connectivity index (χ4v) is 4.55. The van der Waals surface area contributed by atoms with Gasteiger partial charge in [-0.05, 0) is 30.3 Å². The van der Waals surface area contributed by atoms with Crippen LogP contribution in [0.5, 0.6) is 11.5 Å². The van der Waals surface area contributed by atoms with Crippen LogP contribution in [0.4, 0.5) is 5.13 Å². The van der Waals surface area contributed by atoms with Gasteiger partial charge in [-0.2, -0.15) is 0 Å². The van der Waals surface area contributed by atoms with E-state index in [1.54, 1.807) is 20.3 Å². The maximum atomic E-state index is 12.5. The molecule has 4 aromatic rings. The first-order chi connectivity index (χ1) is 14.1. The molecule has 0 aliphatic carbocycles. The van der Waals surface area contributed by atoms with Crippen molar-refractivity contribution in [1.82, 2.24) is 9.55 Å². The number of amides is 1. The number of hydrogen-bond acceptors (Lipinski definition) is 7. The molecule has 2 aromatic heterocycles. The van der Waals surface area contributed by atoms with Crippen LogP contribution in [-0.2, 0) is 11.3 Å². The predicted molar refractivity (Wildman–Crippen MR) is 115 cm³/mol. The van der Waals surface area contributed by atoms with Gasteiger partial charge < -0.3 is 14.8 Å². The standard InChI is InChI=1S/C20H17N3O4S2/c1-26-15-8-7-12(9-16(15)27-2)13-11-28-19(21-13)22-18(24)10-23-14-5-3-4-6-17(14)29-20(23)25/h3-9,11H,10H2,1-2H3,(H,21,22,24). The lowest BCUT2D eigenvalue weighted by molar-refractivity contribution is -0.116. The Bertz CT molecular complexity index is 1240. The van der Waals surface area contributed by atoms with Gasteiger partial charge in [0.15, 0.2) is 16.6 Å². The van der Waals surface area contributed by atoms with Crippen LogP contribution in [0.25, 0.3) is 21.5 Å². The Kier molecular flexibility index (Phi) is 5.32. The molecule has 0 saturated carbocycles. The van der Waals surface area contributed by atoms with Crippen molar-refractivity contribution in [2.75, 3.05) is 19.5 Å². The van der Waals surface area contributed by atoms with Crippen molar-refractivity contribution in [2.45, 2.75) is 6.54 Å². The lowest BCUT2D eigenvalue weighted by atomic mass is 10.1. The molecular formula is C20H17N3O4S2. The molecule has 4 rings (SSSR count). The second-order valence-corrected chi connectivity index (χ2v) is 7.93. The number of hydrogen-bond donors (Lipinski definition) is 1. The lowest BCUT2D eigenvalue weighted by Crippen LogP contribution is -2.24. The molecule has 2 heterocycles. The van der Waals surface area contributed by atoms with Gasteiger partial charge in [0.2, 0.25) is 5.91 Å². The molecule has 1 N–H and O–H groups in total. The Balaban J connectivity index is 1.51. The Hall–Kier alpha value is -3.17. The van der Waals surface area contributed by atoms with Crippen molar-refractivity contribution in [3.8, 4) is 22.8 Å². The van der Waals surface area contributed by atoms with Crippen molar-refractivity contribution >= 4 is 43.9 Å². The van der Waals surface area contributed by atoms with Gasteiger partial charge in [0.05, 0.1) is 30.1 Å². The molecule has 0 aliphatic heterocycles. The summed E-state index contributed by atoms with van der Waals surface area (Å²) in [5, 5.41) is 5.09. The molecule has 0 aliphatic rings. The monoisotopic (exact) mass is 427 g/mol. The number of fused-ring (bicyclic) bond motifs is 1. The Labute approximate surface area is 174 Å². The topological polar surface area (TPSA) is 82.5 Å². The molecule has 0 fully saturated rings. The van der Waals surface area contributed by atoms with Crippen LogP contribution < -0.4 is 19.7 Å². The highest BCUT2D eigenvalue weighted by Gasteiger charge is 2.14. The number of aromatic nitrogens is 2. The number of anilines is 1. The van der Waals surface area contributed by atoms with Gasteiger partial charge in [-0.15, -0.1) is 11.3 Å². The quantitative estimate of drug-likeness (QED) is 0.506. The fourth-order valence-electron chi connectivity index (χ4n) is 2.93. The Morgan fingerprint density at radius 1 is 1.14 bits per heavy atom. The van der Waals surface area contributed by atoms with E-state index in [1.165, 1.54) is 15.9 Å². The van der Waals surface area contributed by atoms with Crippen molar-refractivity contribution in [3.63, 3.8) is 0 Å². The number of para-hydroxylation sites is 1. The molecular weight excluding hydrogens is 410 g/mol. The molecule has 0 atom stereocenters. The van der Waals surface area contributed by atoms with Gasteiger partial charge in [0.25, 0.3) is 0 Å². The molecule has 1 amide bonds. The zero-order valence-corrected chi connectivity index (χ0v) is 17.3. The first kappa shape index (κ1) is 19.2. The molecule has 0 spiro atoms. The van der Waals surface area contributed by atoms with Crippen LogP contribution in [-0.4, -0.2) is 29.7 Å². The van der Waals surface area contributed by atoms with Crippen LogP contribution in [0, 0.1) is 0 Å². The Morgan fingerprint density at radius 3 is 2.72 bits per heavy atom. The van der Waals surface area contributed by atoms with Gasteiger partial charge in [0.1, 0.15) is 6.54 Å². The number of nitrogens with zero attached hydrogens (tertiary/aromatic N) is 2. The fraction of sp³-hybridized carbons (Fsp3) is 0.150. The molecule has 0 radical (unpaired) electrons. The van der Waals surface area contributed by atoms with Crippen LogP contribution in [0.15, 0.2) is 52.6 Å². The molecule has 2 aromatic carbocycles. The van der Waals surface area contributed by atoms with Gasteiger partial charge in [-0.1, -0.05) is 23.5 Å². The maximum absolute atomic E-state index is 12.5. The van der Waals surface area contributed by atoms with E-state index in [9.17, 15) is 9.59 Å². The van der Waals surface area contributed by atoms with E-state index in [2.05, 4.69) is 10.3 Å². The van der Waals surface area contributed by atoms with E-state index < -0.39 is 0 Å². The minimum Gasteiger partial charge on any atom is -0.493 e. The molecule has 29 heavy (non-hydrogen) atoms. The number of benzene rings is 2. The van der Waals surface area contributed by atoms with E-state index in [0.717, 1.165) is 27.1 Å². The zero-order chi connectivity index (χ0) is 20.4. The van der Waals surface area contributed by atoms with Gasteiger partial charge in [-0.25, -0.2) is 4.98 Å². The number of carbonyl (C=O) groups excluding carboxylic acids is 1. The van der Waals surface area contributed by atoms with Gasteiger partial charge in [-0.3, -0.25) is 14.2 Å². The molecule has 0 bridgehead atoms. The molecule has 0 saturated heterocycles. The highest BCUT2D eigenvalue weighted by molar-refractivity contribution is 7.16. The van der Waals surface area contributed by atoms with Gasteiger partial charge in [0, 0.05) is 10.9 Å². The zero-order valence-electron chi connectivity index (χ0n) is 15.7. The van der Waals surface area contributed by atoms with Gasteiger partial charge >= 0.3 is 4.87 Å². The average molecular weight is 428 g/mol. The average Bonchev–Trinajstić information content (AvgIpc) is 3.32. The Morgan fingerprint density at radius 2 is 1.93 bits per heavy atom. The first-order valence-electron chi connectivity index (χ1n) is 8.65. The molecule has 9 heteroatoms. The van der Waals surface area contributed by atoms with Crippen LogP contribution >= 0.6 is 22.7 Å². The minimum atomic E-state index is -0.302. The number of ether oxygens (including phenoxy) is 2. The molecule has 7 nitrogen and oxygen atoms in total. The molecule has 0 unspecified atom stereocenters. The molecule has 148 valence electrons. The number of thiazole rings is 2. The van der Waals surface area contributed by atoms with Crippen LogP contribution in [0.1, 0.15) is 0 Å². The summed E-state index contributed by atoms with van der Waals surface area (Å²) >= 11 is 2.44. The van der Waals surface area contributed by atoms with E-state index in [-0.39, 0.29) is 17.3 Å². The highest BCUT2D eigenvalue weighted by Crippen LogP contribution is 2.33. The summed E-state index contributed by atoms with van der Waals surface area (Å²) < 4.78 is 12.9. The summed E-state index contributed by atoms with van der Waals surface area (Å²) in [4.78, 5) is 29.0. The van der Waals surface area contributed by atoms with Crippen molar-refractivity contribution in [1.29, 1.82) is 0 Å². The minimum absolute atomic E-state index is 0.0614. The SMILES string of the molecule is COc1ccc(-c2csc(NC(=O)Cn3c(=O)sc4ccccc43)n2)cc1OC. The largest absolute Gasteiger partial charge is 0.493 e. The summed E-state index contributed by atoms with van der Waals surface area (Å²) in [7, 11) is 3.15. The smallest absolute Gasteiger partial charge is 0.308 e. The third-order valence-corrected chi connectivity index (χ3v) is 6.02. The van der Waals surface area contributed by atoms with E-state index in [0.29, 0.717) is 22.3 Å². The van der Waals surface area contributed by atoms with Crippen LogP contribution in [0.2, 0.25) is 0 Å².